The number of rotatable bonds is 5. The lowest BCUT2D eigenvalue weighted by molar-refractivity contribution is -0.116. The van der Waals surface area contributed by atoms with Crippen LogP contribution in [-0.4, -0.2) is 17.9 Å². The number of anilines is 2. The number of hydrogen-bond acceptors (Lipinski definition) is 3. The molecular weight excluding hydrogens is 278 g/mol. The zero-order valence-corrected chi connectivity index (χ0v) is 12.6. The molecule has 4 N–H and O–H groups in total. The van der Waals surface area contributed by atoms with Gasteiger partial charge < -0.3 is 16.4 Å². The molecule has 0 fully saturated rings. The average Bonchev–Trinajstić information content (AvgIpc) is 2.49. The van der Waals surface area contributed by atoms with Crippen molar-refractivity contribution in [3.05, 3.63) is 59.7 Å². The minimum atomic E-state index is -0.500. The Morgan fingerprint density at radius 2 is 1.73 bits per heavy atom. The van der Waals surface area contributed by atoms with Gasteiger partial charge >= 0.3 is 0 Å². The predicted molar refractivity (Wildman–Crippen MR) is 87.9 cm³/mol. The van der Waals surface area contributed by atoms with E-state index >= 15 is 0 Å². The smallest absolute Gasteiger partial charge is 0.248 e. The Morgan fingerprint density at radius 3 is 2.36 bits per heavy atom. The van der Waals surface area contributed by atoms with Crippen molar-refractivity contribution in [3.8, 4) is 0 Å². The summed E-state index contributed by atoms with van der Waals surface area (Å²) < 4.78 is 0. The molecule has 0 heterocycles. The summed E-state index contributed by atoms with van der Waals surface area (Å²) in [5.74, 6) is -0.659. The molecule has 1 atom stereocenters. The van der Waals surface area contributed by atoms with E-state index in [0.29, 0.717) is 11.3 Å². The maximum Gasteiger partial charge on any atom is 0.248 e. The van der Waals surface area contributed by atoms with Crippen molar-refractivity contribution in [2.24, 2.45) is 5.73 Å². The number of aryl methyl sites for hydroxylation is 1. The first kappa shape index (κ1) is 15.6. The molecule has 1 unspecified atom stereocenters. The second-order valence-electron chi connectivity index (χ2n) is 5.17. The summed E-state index contributed by atoms with van der Waals surface area (Å²) in [6.45, 7) is 3.74. The van der Waals surface area contributed by atoms with Crippen molar-refractivity contribution in [1.82, 2.24) is 0 Å². The highest BCUT2D eigenvalue weighted by molar-refractivity contribution is 5.97. The maximum atomic E-state index is 12.2. The molecule has 0 aliphatic heterocycles. The fourth-order valence-corrected chi connectivity index (χ4v) is 1.97. The fourth-order valence-electron chi connectivity index (χ4n) is 1.97. The van der Waals surface area contributed by atoms with Crippen LogP contribution in [0.5, 0.6) is 0 Å². The number of nitrogens with two attached hydrogens (primary N) is 1. The van der Waals surface area contributed by atoms with Crippen LogP contribution in [0.2, 0.25) is 0 Å². The average molecular weight is 297 g/mol. The first-order valence-electron chi connectivity index (χ1n) is 6.99. The number of nitrogens with one attached hydrogen (secondary N) is 2. The van der Waals surface area contributed by atoms with Gasteiger partial charge in [-0.1, -0.05) is 23.8 Å². The second-order valence-corrected chi connectivity index (χ2v) is 5.17. The number of amides is 2. The Labute approximate surface area is 129 Å². The summed E-state index contributed by atoms with van der Waals surface area (Å²) in [4.78, 5) is 23.3. The van der Waals surface area contributed by atoms with Gasteiger partial charge in [-0.05, 0) is 44.2 Å². The fraction of sp³-hybridized carbons (Fsp3) is 0.176. The standard InChI is InChI=1S/C17H19N3O2/c1-11-6-8-14(9-7-11)20-17(22)12(2)19-15-5-3-4-13(10-15)16(18)21/h3-10,12,19H,1-2H3,(H2,18,21)(H,20,22). The van der Waals surface area contributed by atoms with E-state index in [0.717, 1.165) is 11.3 Å². The van der Waals surface area contributed by atoms with Crippen LogP contribution in [0.25, 0.3) is 0 Å². The first-order valence-corrected chi connectivity index (χ1v) is 6.99. The number of primary amides is 1. The Morgan fingerprint density at radius 1 is 1.05 bits per heavy atom. The van der Waals surface area contributed by atoms with Gasteiger partial charge in [0.1, 0.15) is 6.04 Å². The molecule has 5 nitrogen and oxygen atoms in total. The summed E-state index contributed by atoms with van der Waals surface area (Å²) >= 11 is 0. The number of hydrogen-bond donors (Lipinski definition) is 3. The molecule has 0 radical (unpaired) electrons. The van der Waals surface area contributed by atoms with Gasteiger partial charge in [0.25, 0.3) is 0 Å². The molecule has 0 saturated carbocycles. The molecule has 0 aliphatic carbocycles. The van der Waals surface area contributed by atoms with Crippen molar-refractivity contribution in [1.29, 1.82) is 0 Å². The second kappa shape index (κ2) is 6.76. The van der Waals surface area contributed by atoms with Crippen LogP contribution in [0, 0.1) is 6.92 Å². The van der Waals surface area contributed by atoms with Crippen molar-refractivity contribution in [2.45, 2.75) is 19.9 Å². The number of benzene rings is 2. The van der Waals surface area contributed by atoms with E-state index in [9.17, 15) is 9.59 Å². The van der Waals surface area contributed by atoms with Gasteiger partial charge in [-0.3, -0.25) is 9.59 Å². The molecule has 2 aromatic rings. The lowest BCUT2D eigenvalue weighted by Gasteiger charge is -2.15. The Hall–Kier alpha value is -2.82. The highest BCUT2D eigenvalue weighted by Crippen LogP contribution is 2.13. The van der Waals surface area contributed by atoms with Gasteiger partial charge in [-0.25, -0.2) is 0 Å². The van der Waals surface area contributed by atoms with Gasteiger partial charge in [-0.15, -0.1) is 0 Å². The molecule has 2 aromatic carbocycles. The van der Waals surface area contributed by atoms with Gasteiger partial charge in [0.2, 0.25) is 11.8 Å². The van der Waals surface area contributed by atoms with E-state index in [-0.39, 0.29) is 5.91 Å². The number of carbonyl (C=O) groups is 2. The Balaban J connectivity index is 2.00. The minimum absolute atomic E-state index is 0.159. The van der Waals surface area contributed by atoms with Crippen molar-refractivity contribution in [3.63, 3.8) is 0 Å². The van der Waals surface area contributed by atoms with Crippen LogP contribution in [0.3, 0.4) is 0 Å². The highest BCUT2D eigenvalue weighted by atomic mass is 16.2. The summed E-state index contributed by atoms with van der Waals surface area (Å²) in [6, 6.07) is 13.9. The largest absolute Gasteiger partial charge is 0.374 e. The molecule has 2 rings (SSSR count). The van der Waals surface area contributed by atoms with E-state index in [1.54, 1.807) is 31.2 Å². The van der Waals surface area contributed by atoms with E-state index < -0.39 is 11.9 Å². The van der Waals surface area contributed by atoms with Gasteiger partial charge in [0, 0.05) is 16.9 Å². The molecule has 0 spiro atoms. The maximum absolute atomic E-state index is 12.2. The highest BCUT2D eigenvalue weighted by Gasteiger charge is 2.13. The normalized spacial score (nSPS) is 11.5. The van der Waals surface area contributed by atoms with Crippen LogP contribution >= 0.6 is 0 Å². The van der Waals surface area contributed by atoms with Gasteiger partial charge in [-0.2, -0.15) is 0 Å². The lowest BCUT2D eigenvalue weighted by Crippen LogP contribution is -2.31. The number of carbonyl (C=O) groups excluding carboxylic acids is 2. The van der Waals surface area contributed by atoms with E-state index in [2.05, 4.69) is 10.6 Å². The molecule has 0 bridgehead atoms. The van der Waals surface area contributed by atoms with Crippen LogP contribution in [0.4, 0.5) is 11.4 Å². The summed E-state index contributed by atoms with van der Waals surface area (Å²) in [5.41, 5.74) is 8.19. The predicted octanol–water partition coefficient (Wildman–Crippen LogP) is 2.53. The first-order chi connectivity index (χ1) is 10.5. The van der Waals surface area contributed by atoms with Crippen LogP contribution in [-0.2, 0) is 4.79 Å². The van der Waals surface area contributed by atoms with E-state index in [4.69, 9.17) is 5.73 Å². The third kappa shape index (κ3) is 4.09. The Bertz CT molecular complexity index is 681. The minimum Gasteiger partial charge on any atom is -0.374 e. The summed E-state index contributed by atoms with van der Waals surface area (Å²) in [5, 5.41) is 5.88. The summed E-state index contributed by atoms with van der Waals surface area (Å²) in [7, 11) is 0. The van der Waals surface area contributed by atoms with Crippen LogP contribution in [0.1, 0.15) is 22.8 Å². The van der Waals surface area contributed by atoms with Crippen LogP contribution < -0.4 is 16.4 Å². The molecule has 5 heteroatoms. The molecule has 0 aliphatic rings. The van der Waals surface area contributed by atoms with Crippen LogP contribution in [0.15, 0.2) is 48.5 Å². The molecule has 2 amide bonds. The summed E-state index contributed by atoms with van der Waals surface area (Å²) in [6.07, 6.45) is 0. The quantitative estimate of drug-likeness (QED) is 0.793. The third-order valence-electron chi connectivity index (χ3n) is 3.24. The van der Waals surface area contributed by atoms with Crippen molar-refractivity contribution < 1.29 is 9.59 Å². The lowest BCUT2D eigenvalue weighted by atomic mass is 10.1. The monoisotopic (exact) mass is 297 g/mol. The SMILES string of the molecule is Cc1ccc(NC(=O)C(C)Nc2cccc(C(N)=O)c2)cc1. The van der Waals surface area contributed by atoms with E-state index in [1.807, 2.05) is 31.2 Å². The molecular formula is C17H19N3O2. The third-order valence-corrected chi connectivity index (χ3v) is 3.24. The molecule has 22 heavy (non-hydrogen) atoms. The van der Waals surface area contributed by atoms with Gasteiger partial charge in [0.05, 0.1) is 0 Å². The van der Waals surface area contributed by atoms with E-state index in [1.165, 1.54) is 0 Å². The molecule has 0 aromatic heterocycles. The Kier molecular flexibility index (Phi) is 4.78. The molecule has 0 saturated heterocycles. The van der Waals surface area contributed by atoms with Crippen molar-refractivity contribution in [2.75, 3.05) is 10.6 Å². The zero-order valence-electron chi connectivity index (χ0n) is 12.6. The topological polar surface area (TPSA) is 84.2 Å². The van der Waals surface area contributed by atoms with Gasteiger partial charge in [0.15, 0.2) is 0 Å². The zero-order chi connectivity index (χ0) is 16.1. The van der Waals surface area contributed by atoms with Crippen molar-refractivity contribution >= 4 is 23.2 Å². The molecule has 114 valence electrons.